The Morgan fingerprint density at radius 1 is 0.975 bits per heavy atom. The highest BCUT2D eigenvalue weighted by atomic mass is 127. The van der Waals surface area contributed by atoms with Crippen LogP contribution in [0.2, 0.25) is 0 Å². The molecule has 2 fully saturated rings. The molecule has 2 aliphatic rings. The third-order valence-electron chi connectivity index (χ3n) is 8.64. The number of para-hydroxylation sites is 2. The molecule has 2 aromatic heterocycles. The standard InChI is InChI=1S/C33H39IN6/c1-4-31-37-32-22(2)18-23(3)35-33(32)40(31)21-25-13-11-24(12-14-25)8-7-17-39-27-15-16-28(39)20-26(19-27)36-29-9-5-6-10-30(29)38-34/h5-14,18,26-28,36,38H,4,15-17,19-21H2,1-3H3/b8-7+/t26?,27-,28+. The summed E-state index contributed by atoms with van der Waals surface area (Å²) < 4.78 is 5.57. The van der Waals surface area contributed by atoms with Gasteiger partial charge in [0.15, 0.2) is 5.65 Å². The summed E-state index contributed by atoms with van der Waals surface area (Å²) in [6.45, 7) is 8.18. The summed E-state index contributed by atoms with van der Waals surface area (Å²) in [6.07, 6.45) is 10.6. The van der Waals surface area contributed by atoms with Gasteiger partial charge in [-0.25, -0.2) is 9.97 Å². The number of piperidine rings is 1. The van der Waals surface area contributed by atoms with Crippen molar-refractivity contribution in [3.63, 3.8) is 0 Å². The smallest absolute Gasteiger partial charge is 0.160 e. The molecule has 40 heavy (non-hydrogen) atoms. The highest BCUT2D eigenvalue weighted by Gasteiger charge is 2.40. The average Bonchev–Trinajstić information content (AvgIpc) is 3.42. The Balaban J connectivity index is 1.07. The van der Waals surface area contributed by atoms with Crippen molar-refractivity contribution in [1.29, 1.82) is 0 Å². The third-order valence-corrected chi connectivity index (χ3v) is 9.22. The molecule has 6 rings (SSSR count). The number of benzene rings is 2. The normalized spacial score (nSPS) is 20.9. The van der Waals surface area contributed by atoms with Crippen LogP contribution in [0.5, 0.6) is 0 Å². The van der Waals surface area contributed by atoms with Gasteiger partial charge in [-0.15, -0.1) is 0 Å². The summed E-state index contributed by atoms with van der Waals surface area (Å²) in [5, 5.41) is 3.83. The van der Waals surface area contributed by atoms with E-state index in [9.17, 15) is 0 Å². The van der Waals surface area contributed by atoms with Crippen LogP contribution >= 0.6 is 22.9 Å². The van der Waals surface area contributed by atoms with Crippen molar-refractivity contribution < 1.29 is 0 Å². The molecule has 2 N–H and O–H groups in total. The van der Waals surface area contributed by atoms with Crippen molar-refractivity contribution in [1.82, 2.24) is 19.4 Å². The number of nitrogens with zero attached hydrogens (tertiary/aromatic N) is 4. The summed E-state index contributed by atoms with van der Waals surface area (Å²) in [6, 6.07) is 21.5. The third kappa shape index (κ3) is 5.63. The Bertz CT molecular complexity index is 1490. The van der Waals surface area contributed by atoms with Crippen LogP contribution in [-0.4, -0.2) is 44.1 Å². The molecule has 6 nitrogen and oxygen atoms in total. The monoisotopic (exact) mass is 646 g/mol. The number of pyridine rings is 1. The zero-order chi connectivity index (χ0) is 27.6. The molecule has 0 aliphatic carbocycles. The lowest BCUT2D eigenvalue weighted by Gasteiger charge is -2.39. The number of aryl methyl sites for hydroxylation is 3. The largest absolute Gasteiger partial charge is 0.381 e. The first kappa shape index (κ1) is 27.3. The van der Waals surface area contributed by atoms with Gasteiger partial charge in [-0.1, -0.05) is 55.5 Å². The van der Waals surface area contributed by atoms with Gasteiger partial charge in [0.2, 0.25) is 0 Å². The molecule has 2 aromatic carbocycles. The van der Waals surface area contributed by atoms with Crippen LogP contribution in [0.25, 0.3) is 17.2 Å². The Morgan fingerprint density at radius 3 is 2.40 bits per heavy atom. The molecule has 208 valence electrons. The molecular formula is C33H39IN6. The minimum absolute atomic E-state index is 0.542. The Labute approximate surface area is 251 Å². The van der Waals surface area contributed by atoms with Crippen LogP contribution in [0.3, 0.4) is 0 Å². The summed E-state index contributed by atoms with van der Waals surface area (Å²) in [7, 11) is 0. The molecule has 0 radical (unpaired) electrons. The van der Waals surface area contributed by atoms with Crippen LogP contribution in [0.4, 0.5) is 11.4 Å². The van der Waals surface area contributed by atoms with Gasteiger partial charge in [0.1, 0.15) is 11.3 Å². The molecule has 0 spiro atoms. The minimum atomic E-state index is 0.542. The van der Waals surface area contributed by atoms with Crippen molar-refractivity contribution in [2.75, 3.05) is 15.4 Å². The first-order valence-corrected chi connectivity index (χ1v) is 15.7. The molecule has 1 unspecified atom stereocenters. The molecule has 3 atom stereocenters. The average molecular weight is 647 g/mol. The SMILES string of the molecule is CCc1nc2c(C)cc(C)nc2n1Cc1ccc(/C=C/CN2[C@@H]3CC[C@H]2CC(Nc2ccccc2NI)C3)cc1. The minimum Gasteiger partial charge on any atom is -0.381 e. The molecule has 4 heterocycles. The summed E-state index contributed by atoms with van der Waals surface area (Å²) >= 11 is 2.22. The van der Waals surface area contributed by atoms with Crippen molar-refractivity contribution in [3.05, 3.63) is 88.9 Å². The van der Waals surface area contributed by atoms with E-state index in [2.05, 4.69) is 129 Å². The van der Waals surface area contributed by atoms with E-state index in [-0.39, 0.29) is 0 Å². The second kappa shape index (κ2) is 11.9. The number of nitrogens with one attached hydrogen (secondary N) is 2. The molecule has 7 heteroatoms. The van der Waals surface area contributed by atoms with E-state index < -0.39 is 0 Å². The van der Waals surface area contributed by atoms with Crippen LogP contribution < -0.4 is 8.85 Å². The van der Waals surface area contributed by atoms with E-state index >= 15 is 0 Å². The van der Waals surface area contributed by atoms with Gasteiger partial charge in [0.25, 0.3) is 0 Å². The second-order valence-corrected chi connectivity index (χ2v) is 11.9. The lowest BCUT2D eigenvalue weighted by Crippen LogP contribution is -2.46. The van der Waals surface area contributed by atoms with Gasteiger partial charge in [0.05, 0.1) is 40.8 Å². The first-order chi connectivity index (χ1) is 19.5. The van der Waals surface area contributed by atoms with E-state index in [0.717, 1.165) is 47.9 Å². The van der Waals surface area contributed by atoms with Gasteiger partial charge >= 0.3 is 0 Å². The van der Waals surface area contributed by atoms with Gasteiger partial charge in [-0.05, 0) is 74.4 Å². The fourth-order valence-corrected chi connectivity index (χ4v) is 7.18. The number of hydrogen-bond donors (Lipinski definition) is 2. The zero-order valence-electron chi connectivity index (χ0n) is 23.7. The van der Waals surface area contributed by atoms with Gasteiger partial charge in [-0.2, -0.15) is 0 Å². The number of halogens is 1. The summed E-state index contributed by atoms with van der Waals surface area (Å²) in [4.78, 5) is 12.5. The van der Waals surface area contributed by atoms with Crippen molar-refractivity contribution >= 4 is 51.5 Å². The van der Waals surface area contributed by atoms with Crippen LogP contribution in [0.1, 0.15) is 60.8 Å². The number of anilines is 2. The zero-order valence-corrected chi connectivity index (χ0v) is 25.9. The molecule has 2 aliphatic heterocycles. The van der Waals surface area contributed by atoms with E-state index in [4.69, 9.17) is 9.97 Å². The lowest BCUT2D eigenvalue weighted by molar-refractivity contribution is 0.149. The quantitative estimate of drug-likeness (QED) is 0.145. The van der Waals surface area contributed by atoms with Crippen LogP contribution in [0.15, 0.2) is 60.7 Å². The molecule has 0 amide bonds. The van der Waals surface area contributed by atoms with Gasteiger partial charge < -0.3 is 13.4 Å². The van der Waals surface area contributed by atoms with Crippen LogP contribution in [-0.2, 0) is 13.0 Å². The highest BCUT2D eigenvalue weighted by molar-refractivity contribution is 14.1. The maximum absolute atomic E-state index is 4.90. The molecule has 4 aromatic rings. The topological polar surface area (TPSA) is 58.0 Å². The molecule has 0 saturated carbocycles. The van der Waals surface area contributed by atoms with Crippen LogP contribution in [0, 0.1) is 13.8 Å². The molecular weight excluding hydrogens is 607 g/mol. The van der Waals surface area contributed by atoms with Crippen molar-refractivity contribution in [2.24, 2.45) is 0 Å². The number of rotatable bonds is 9. The Hall–Kier alpha value is -2.91. The summed E-state index contributed by atoms with van der Waals surface area (Å²) in [5.74, 6) is 1.10. The number of aromatic nitrogens is 3. The number of imidazole rings is 1. The van der Waals surface area contributed by atoms with Gasteiger partial charge in [-0.3, -0.25) is 4.90 Å². The van der Waals surface area contributed by atoms with Crippen molar-refractivity contribution in [3.8, 4) is 0 Å². The number of hydrogen-bond acceptors (Lipinski definition) is 5. The Kier molecular flexibility index (Phi) is 8.12. The fraction of sp³-hybridized carbons (Fsp3) is 0.394. The predicted octanol–water partition coefficient (Wildman–Crippen LogP) is 7.54. The fourth-order valence-electron chi connectivity index (χ4n) is 6.71. The van der Waals surface area contributed by atoms with Gasteiger partial charge in [0, 0.05) is 36.8 Å². The van der Waals surface area contributed by atoms with Crippen molar-refractivity contribution in [2.45, 2.75) is 77.5 Å². The van der Waals surface area contributed by atoms with E-state index in [1.165, 1.54) is 48.1 Å². The van der Waals surface area contributed by atoms with E-state index in [0.29, 0.717) is 18.1 Å². The molecule has 2 saturated heterocycles. The number of fused-ring (bicyclic) bond motifs is 3. The second-order valence-electron chi connectivity index (χ2n) is 11.4. The maximum Gasteiger partial charge on any atom is 0.160 e. The van der Waals surface area contributed by atoms with E-state index in [1.807, 2.05) is 0 Å². The lowest BCUT2D eigenvalue weighted by atomic mass is 9.96. The predicted molar refractivity (Wildman–Crippen MR) is 175 cm³/mol. The maximum atomic E-state index is 4.90. The van der Waals surface area contributed by atoms with E-state index in [1.54, 1.807) is 0 Å². The summed E-state index contributed by atoms with van der Waals surface area (Å²) in [5.41, 5.74) is 9.18. The highest BCUT2D eigenvalue weighted by Crippen LogP contribution is 2.37. The Morgan fingerprint density at radius 2 is 1.70 bits per heavy atom. The molecule has 2 bridgehead atoms. The first-order valence-electron chi connectivity index (χ1n) is 14.6.